The van der Waals surface area contributed by atoms with E-state index in [1.165, 1.54) is 0 Å². The lowest BCUT2D eigenvalue weighted by molar-refractivity contribution is 0.0633. The number of nitrogens with one attached hydrogen (secondary N) is 1. The summed E-state index contributed by atoms with van der Waals surface area (Å²) in [4.78, 5) is 2.42. The Bertz CT molecular complexity index is 109. The third-order valence-electron chi connectivity index (χ3n) is 2.37. The van der Waals surface area contributed by atoms with Crippen LogP contribution in [0.25, 0.3) is 0 Å². The van der Waals surface area contributed by atoms with Crippen molar-refractivity contribution in [3.8, 4) is 0 Å². The molecule has 0 spiro atoms. The molecule has 0 aromatic heterocycles. The third-order valence-corrected chi connectivity index (χ3v) is 2.37. The summed E-state index contributed by atoms with van der Waals surface area (Å²) >= 11 is 0. The molecule has 0 radical (unpaired) electrons. The Morgan fingerprint density at radius 3 is 2.67 bits per heavy atom. The Labute approximate surface area is 75.1 Å². The minimum Gasteiger partial charge on any atom is -0.378 e. The van der Waals surface area contributed by atoms with Crippen molar-refractivity contribution in [2.45, 2.75) is 19.9 Å². The molecule has 0 aromatic rings. The van der Waals surface area contributed by atoms with Gasteiger partial charge in [0.2, 0.25) is 0 Å². The highest BCUT2D eigenvalue weighted by atomic mass is 16.5. The van der Waals surface area contributed by atoms with E-state index in [-0.39, 0.29) is 0 Å². The summed E-state index contributed by atoms with van der Waals surface area (Å²) < 4.78 is 5.38. The maximum Gasteiger partial charge on any atom is 0.0632 e. The minimum atomic E-state index is 0.540. The van der Waals surface area contributed by atoms with Crippen LogP contribution < -0.4 is 5.32 Å². The van der Waals surface area contributed by atoms with Crippen LogP contribution in [0.15, 0.2) is 0 Å². The van der Waals surface area contributed by atoms with Gasteiger partial charge in [0.25, 0.3) is 0 Å². The average molecular weight is 172 g/mol. The van der Waals surface area contributed by atoms with Gasteiger partial charge in [-0.2, -0.15) is 0 Å². The fourth-order valence-corrected chi connectivity index (χ4v) is 1.53. The Kier molecular flexibility index (Phi) is 4.58. The lowest BCUT2D eigenvalue weighted by atomic mass is 10.2. The van der Waals surface area contributed by atoms with Crippen molar-refractivity contribution in [3.63, 3.8) is 0 Å². The third kappa shape index (κ3) is 3.09. The monoisotopic (exact) mass is 172 g/mol. The fourth-order valence-electron chi connectivity index (χ4n) is 1.53. The van der Waals surface area contributed by atoms with E-state index in [1.54, 1.807) is 0 Å². The largest absolute Gasteiger partial charge is 0.378 e. The van der Waals surface area contributed by atoms with E-state index in [0.717, 1.165) is 39.4 Å². The van der Waals surface area contributed by atoms with Crippen LogP contribution in [0.3, 0.4) is 0 Å². The molecular weight excluding hydrogens is 152 g/mol. The number of nitrogens with zero attached hydrogens (tertiary/aromatic N) is 1. The molecule has 12 heavy (non-hydrogen) atoms. The molecule has 0 amide bonds. The average Bonchev–Trinajstić information content (AvgIpc) is 2.16. The SMILES string of the molecule is CCN(CC)C[C@H]1COCCN1. The van der Waals surface area contributed by atoms with Crippen molar-refractivity contribution in [3.05, 3.63) is 0 Å². The molecule has 1 aliphatic rings. The molecule has 72 valence electrons. The molecule has 3 nitrogen and oxygen atoms in total. The Morgan fingerprint density at radius 2 is 2.17 bits per heavy atom. The van der Waals surface area contributed by atoms with Crippen molar-refractivity contribution < 1.29 is 4.74 Å². The van der Waals surface area contributed by atoms with E-state index in [2.05, 4.69) is 24.1 Å². The fraction of sp³-hybridized carbons (Fsp3) is 1.00. The van der Waals surface area contributed by atoms with E-state index in [4.69, 9.17) is 4.74 Å². The molecule has 0 aromatic carbocycles. The van der Waals surface area contributed by atoms with E-state index in [1.807, 2.05) is 0 Å². The summed E-state index contributed by atoms with van der Waals surface area (Å²) in [6.07, 6.45) is 0. The maximum absolute atomic E-state index is 5.38. The number of hydrogen-bond acceptors (Lipinski definition) is 3. The minimum absolute atomic E-state index is 0.540. The van der Waals surface area contributed by atoms with Crippen LogP contribution in [0.2, 0.25) is 0 Å². The molecule has 0 aliphatic carbocycles. The van der Waals surface area contributed by atoms with Crippen LogP contribution in [0.5, 0.6) is 0 Å². The highest BCUT2D eigenvalue weighted by Crippen LogP contribution is 1.96. The zero-order valence-corrected chi connectivity index (χ0v) is 8.18. The molecule has 1 heterocycles. The maximum atomic E-state index is 5.38. The van der Waals surface area contributed by atoms with Gasteiger partial charge in [-0.1, -0.05) is 13.8 Å². The molecule has 1 atom stereocenters. The van der Waals surface area contributed by atoms with E-state index in [9.17, 15) is 0 Å². The smallest absolute Gasteiger partial charge is 0.0632 e. The van der Waals surface area contributed by atoms with Gasteiger partial charge < -0.3 is 15.0 Å². The zero-order valence-electron chi connectivity index (χ0n) is 8.18. The van der Waals surface area contributed by atoms with Gasteiger partial charge in [0.05, 0.1) is 13.2 Å². The second-order valence-electron chi connectivity index (χ2n) is 3.21. The van der Waals surface area contributed by atoms with Crippen LogP contribution in [-0.4, -0.2) is 50.3 Å². The van der Waals surface area contributed by atoms with Gasteiger partial charge in [-0.05, 0) is 13.1 Å². The predicted molar refractivity (Wildman–Crippen MR) is 50.4 cm³/mol. The lowest BCUT2D eigenvalue weighted by Crippen LogP contribution is -2.48. The van der Waals surface area contributed by atoms with Crippen LogP contribution in [-0.2, 0) is 4.74 Å². The molecule has 0 unspecified atom stereocenters. The van der Waals surface area contributed by atoms with Crippen LogP contribution in [0.4, 0.5) is 0 Å². The van der Waals surface area contributed by atoms with E-state index >= 15 is 0 Å². The summed E-state index contributed by atoms with van der Waals surface area (Å²) in [5.74, 6) is 0. The van der Waals surface area contributed by atoms with Gasteiger partial charge in [0, 0.05) is 19.1 Å². The summed E-state index contributed by atoms with van der Waals surface area (Å²) in [6.45, 7) is 10.5. The first-order valence-corrected chi connectivity index (χ1v) is 4.90. The molecule has 0 saturated carbocycles. The van der Waals surface area contributed by atoms with Gasteiger partial charge in [0.1, 0.15) is 0 Å². The first-order chi connectivity index (χ1) is 5.86. The second kappa shape index (κ2) is 5.51. The van der Waals surface area contributed by atoms with Crippen LogP contribution in [0.1, 0.15) is 13.8 Å². The van der Waals surface area contributed by atoms with Crippen molar-refractivity contribution in [1.82, 2.24) is 10.2 Å². The van der Waals surface area contributed by atoms with Gasteiger partial charge in [-0.15, -0.1) is 0 Å². The number of morpholine rings is 1. The lowest BCUT2D eigenvalue weighted by Gasteiger charge is -2.29. The van der Waals surface area contributed by atoms with E-state index < -0.39 is 0 Å². The van der Waals surface area contributed by atoms with Crippen molar-refractivity contribution >= 4 is 0 Å². The van der Waals surface area contributed by atoms with Gasteiger partial charge in [-0.25, -0.2) is 0 Å². The van der Waals surface area contributed by atoms with Crippen LogP contribution >= 0.6 is 0 Å². The van der Waals surface area contributed by atoms with Gasteiger partial charge in [-0.3, -0.25) is 0 Å². The number of hydrogen-bond donors (Lipinski definition) is 1. The summed E-state index contributed by atoms with van der Waals surface area (Å²) in [5.41, 5.74) is 0. The van der Waals surface area contributed by atoms with E-state index in [0.29, 0.717) is 6.04 Å². The zero-order chi connectivity index (χ0) is 8.81. The number of ether oxygens (including phenoxy) is 1. The first kappa shape index (κ1) is 9.96. The number of likely N-dealkylation sites (N-methyl/N-ethyl adjacent to an activating group) is 1. The molecule has 0 bridgehead atoms. The number of rotatable bonds is 4. The summed E-state index contributed by atoms with van der Waals surface area (Å²) in [6, 6.07) is 0.540. The summed E-state index contributed by atoms with van der Waals surface area (Å²) in [5, 5.41) is 3.45. The van der Waals surface area contributed by atoms with Crippen LogP contribution in [0, 0.1) is 0 Å². The molecule has 3 heteroatoms. The molecule has 1 N–H and O–H groups in total. The normalized spacial score (nSPS) is 24.8. The Balaban J connectivity index is 2.18. The standard InChI is InChI=1S/C9H20N2O/c1-3-11(4-2)7-9-8-12-6-5-10-9/h9-10H,3-8H2,1-2H3/t9-/m0/s1. The molecule has 1 aliphatic heterocycles. The molecule has 1 saturated heterocycles. The van der Waals surface area contributed by atoms with Crippen molar-refractivity contribution in [2.24, 2.45) is 0 Å². The summed E-state index contributed by atoms with van der Waals surface area (Å²) in [7, 11) is 0. The quantitative estimate of drug-likeness (QED) is 0.661. The molecular formula is C9H20N2O. The topological polar surface area (TPSA) is 24.5 Å². The second-order valence-corrected chi connectivity index (χ2v) is 3.21. The van der Waals surface area contributed by atoms with Crippen molar-refractivity contribution in [2.75, 3.05) is 39.4 Å². The van der Waals surface area contributed by atoms with Crippen molar-refractivity contribution in [1.29, 1.82) is 0 Å². The molecule has 1 rings (SSSR count). The Hall–Kier alpha value is -0.120. The predicted octanol–water partition coefficient (Wildman–Crippen LogP) is 0.317. The highest BCUT2D eigenvalue weighted by Gasteiger charge is 2.14. The van der Waals surface area contributed by atoms with Gasteiger partial charge in [0.15, 0.2) is 0 Å². The van der Waals surface area contributed by atoms with Gasteiger partial charge >= 0.3 is 0 Å². The first-order valence-electron chi connectivity index (χ1n) is 4.90. The Morgan fingerprint density at radius 1 is 1.42 bits per heavy atom. The molecule has 1 fully saturated rings. The highest BCUT2D eigenvalue weighted by molar-refractivity contribution is 4.73.